The molecule has 0 aliphatic heterocycles. The van der Waals surface area contributed by atoms with Gasteiger partial charge in [0.2, 0.25) is 0 Å². The van der Waals surface area contributed by atoms with Crippen molar-refractivity contribution in [2.24, 2.45) is 0 Å². The molecule has 13 aromatic rings. The Hall–Kier alpha value is -9.50. The van der Waals surface area contributed by atoms with E-state index < -0.39 is 5.41 Å². The van der Waals surface area contributed by atoms with Crippen molar-refractivity contribution in [1.82, 2.24) is 0 Å². The zero-order chi connectivity index (χ0) is 48.3. The second-order valence-electron chi connectivity index (χ2n) is 19.1. The van der Waals surface area contributed by atoms with E-state index in [1.54, 1.807) is 0 Å². The Labute approximate surface area is 425 Å². The molecule has 1 aliphatic rings. The van der Waals surface area contributed by atoms with E-state index >= 15 is 0 Å². The SMILES string of the molecule is c1ccc(-c2cccc3cccc(-c4ccccc4N(c4ccc(-c5cccc6oc7ccccc7c56)cc4)c4ccccc4-c4ccc5c(c4)C(c4ccccc4)(c4ccccc4)c4ccccc4-5)c23)cc1. The summed E-state index contributed by atoms with van der Waals surface area (Å²) in [5, 5.41) is 4.67. The van der Waals surface area contributed by atoms with Gasteiger partial charge >= 0.3 is 0 Å². The Bertz CT molecular complexity index is 4150. The molecule has 0 spiro atoms. The van der Waals surface area contributed by atoms with Gasteiger partial charge in [-0.1, -0.05) is 243 Å². The lowest BCUT2D eigenvalue weighted by Gasteiger charge is -2.34. The average molecular weight is 930 g/mol. The van der Waals surface area contributed by atoms with E-state index in [4.69, 9.17) is 4.42 Å². The standard InChI is InChI=1S/C71H47NO/c1-4-21-48(22-5-1)56-33-18-23-50-24-19-35-61(69(50)56)60-31-12-16-38-66(60)72(54-44-41-49(42-45-54)57-34-20-40-68-70(57)62-32-13-17-39-67(62)73-68)65-37-15-11-29-55(65)51-43-46-59-58-30-10-14-36-63(58)71(64(59)47-51,52-25-6-2-7-26-52)53-27-8-3-9-28-53/h1-47H. The number of para-hydroxylation sites is 3. The largest absolute Gasteiger partial charge is 0.456 e. The molecule has 14 rings (SSSR count). The van der Waals surface area contributed by atoms with Crippen molar-refractivity contribution in [2.45, 2.75) is 5.41 Å². The first-order chi connectivity index (χ1) is 36.2. The predicted molar refractivity (Wildman–Crippen MR) is 305 cm³/mol. The van der Waals surface area contributed by atoms with Crippen LogP contribution in [0.1, 0.15) is 22.3 Å². The molecule has 2 nitrogen and oxygen atoms in total. The summed E-state index contributed by atoms with van der Waals surface area (Å²) in [6.45, 7) is 0. The molecule has 1 aliphatic carbocycles. The molecular weight excluding hydrogens is 883 g/mol. The lowest BCUT2D eigenvalue weighted by Crippen LogP contribution is -2.28. The zero-order valence-corrected chi connectivity index (χ0v) is 40.0. The van der Waals surface area contributed by atoms with Crippen LogP contribution in [0.15, 0.2) is 290 Å². The van der Waals surface area contributed by atoms with Gasteiger partial charge < -0.3 is 9.32 Å². The van der Waals surface area contributed by atoms with Crippen LogP contribution in [0.4, 0.5) is 17.1 Å². The van der Waals surface area contributed by atoms with E-state index in [0.29, 0.717) is 0 Å². The van der Waals surface area contributed by atoms with Crippen molar-refractivity contribution in [2.75, 3.05) is 4.90 Å². The van der Waals surface area contributed by atoms with Gasteiger partial charge in [0, 0.05) is 27.6 Å². The van der Waals surface area contributed by atoms with Gasteiger partial charge in [-0.25, -0.2) is 0 Å². The van der Waals surface area contributed by atoms with Gasteiger partial charge in [0.1, 0.15) is 11.2 Å². The third kappa shape index (κ3) is 6.79. The van der Waals surface area contributed by atoms with Crippen molar-refractivity contribution >= 4 is 49.8 Å². The maximum atomic E-state index is 6.37. The van der Waals surface area contributed by atoms with E-state index in [1.165, 1.54) is 60.8 Å². The topological polar surface area (TPSA) is 16.4 Å². The van der Waals surface area contributed by atoms with Crippen molar-refractivity contribution in [3.05, 3.63) is 307 Å². The van der Waals surface area contributed by atoms with Crippen molar-refractivity contribution in [3.8, 4) is 55.6 Å². The lowest BCUT2D eigenvalue weighted by atomic mass is 9.67. The van der Waals surface area contributed by atoms with Crippen LogP contribution in [-0.4, -0.2) is 0 Å². The fourth-order valence-electron chi connectivity index (χ4n) is 12.1. The van der Waals surface area contributed by atoms with E-state index in [1.807, 2.05) is 6.07 Å². The van der Waals surface area contributed by atoms with Crippen LogP contribution in [0, 0.1) is 0 Å². The minimum Gasteiger partial charge on any atom is -0.456 e. The molecule has 0 radical (unpaired) electrons. The Morgan fingerprint density at radius 3 is 1.51 bits per heavy atom. The van der Waals surface area contributed by atoms with Gasteiger partial charge in [-0.2, -0.15) is 0 Å². The molecule has 0 N–H and O–H groups in total. The maximum absolute atomic E-state index is 6.37. The van der Waals surface area contributed by atoms with Gasteiger partial charge in [-0.15, -0.1) is 0 Å². The first-order valence-corrected chi connectivity index (χ1v) is 25.2. The molecule has 0 unspecified atom stereocenters. The Morgan fingerprint density at radius 2 is 0.781 bits per heavy atom. The van der Waals surface area contributed by atoms with E-state index in [2.05, 4.69) is 284 Å². The third-order valence-corrected chi connectivity index (χ3v) is 15.2. The van der Waals surface area contributed by atoms with Crippen LogP contribution in [0.5, 0.6) is 0 Å². The first-order valence-electron chi connectivity index (χ1n) is 25.2. The first kappa shape index (κ1) is 42.4. The van der Waals surface area contributed by atoms with Crippen LogP contribution in [-0.2, 0) is 5.41 Å². The minimum absolute atomic E-state index is 0.532. The second-order valence-corrected chi connectivity index (χ2v) is 19.1. The minimum atomic E-state index is -0.532. The monoisotopic (exact) mass is 929 g/mol. The molecule has 1 aromatic heterocycles. The Balaban J connectivity index is 1.00. The fraction of sp³-hybridized carbons (Fsp3) is 0.0141. The number of rotatable bonds is 9. The predicted octanol–water partition coefficient (Wildman–Crippen LogP) is 19.2. The molecule has 0 saturated heterocycles. The number of hydrogen-bond acceptors (Lipinski definition) is 2. The summed E-state index contributed by atoms with van der Waals surface area (Å²) in [5.74, 6) is 0. The molecule has 1 heterocycles. The molecule has 2 heteroatoms. The number of fused-ring (bicyclic) bond motifs is 7. The summed E-state index contributed by atoms with van der Waals surface area (Å²) < 4.78 is 6.37. The highest BCUT2D eigenvalue weighted by molar-refractivity contribution is 6.13. The van der Waals surface area contributed by atoms with E-state index in [0.717, 1.165) is 66.8 Å². The Morgan fingerprint density at radius 1 is 0.288 bits per heavy atom. The number of hydrogen-bond donors (Lipinski definition) is 0. The van der Waals surface area contributed by atoms with Crippen molar-refractivity contribution < 1.29 is 4.42 Å². The Kier molecular flexibility index (Phi) is 10.1. The van der Waals surface area contributed by atoms with Gasteiger partial charge in [-0.3, -0.25) is 0 Å². The van der Waals surface area contributed by atoms with Gasteiger partial charge in [-0.05, 0) is 120 Å². The van der Waals surface area contributed by atoms with Crippen LogP contribution in [0.2, 0.25) is 0 Å². The normalized spacial score (nSPS) is 12.5. The number of anilines is 3. The molecule has 0 amide bonds. The summed E-state index contributed by atoms with van der Waals surface area (Å²) in [6, 6.07) is 104. The van der Waals surface area contributed by atoms with E-state index in [-0.39, 0.29) is 0 Å². The average Bonchev–Trinajstić information content (AvgIpc) is 4.00. The van der Waals surface area contributed by atoms with Gasteiger partial charge in [0.15, 0.2) is 0 Å². The van der Waals surface area contributed by atoms with Crippen LogP contribution < -0.4 is 4.90 Å². The summed E-state index contributed by atoms with van der Waals surface area (Å²) in [7, 11) is 0. The maximum Gasteiger partial charge on any atom is 0.136 e. The highest BCUT2D eigenvalue weighted by Gasteiger charge is 2.46. The highest BCUT2D eigenvalue weighted by atomic mass is 16.3. The summed E-state index contributed by atoms with van der Waals surface area (Å²) in [5.41, 5.74) is 21.3. The van der Waals surface area contributed by atoms with Gasteiger partial charge in [0.05, 0.1) is 16.8 Å². The van der Waals surface area contributed by atoms with Crippen molar-refractivity contribution in [1.29, 1.82) is 0 Å². The quantitative estimate of drug-likeness (QED) is 0.143. The van der Waals surface area contributed by atoms with E-state index in [9.17, 15) is 0 Å². The summed E-state index contributed by atoms with van der Waals surface area (Å²) in [6.07, 6.45) is 0. The third-order valence-electron chi connectivity index (χ3n) is 15.2. The van der Waals surface area contributed by atoms with Crippen LogP contribution in [0.3, 0.4) is 0 Å². The number of nitrogens with zero attached hydrogens (tertiary/aromatic N) is 1. The zero-order valence-electron chi connectivity index (χ0n) is 40.0. The molecule has 0 bridgehead atoms. The molecule has 73 heavy (non-hydrogen) atoms. The summed E-state index contributed by atoms with van der Waals surface area (Å²) in [4.78, 5) is 2.48. The smallest absolute Gasteiger partial charge is 0.136 e. The number of furan rings is 1. The molecule has 342 valence electrons. The molecule has 12 aromatic carbocycles. The fourth-order valence-corrected chi connectivity index (χ4v) is 12.1. The number of benzene rings is 12. The molecule has 0 saturated carbocycles. The lowest BCUT2D eigenvalue weighted by molar-refractivity contribution is 0.669. The molecule has 0 atom stereocenters. The van der Waals surface area contributed by atoms with Crippen LogP contribution in [0.25, 0.3) is 88.3 Å². The van der Waals surface area contributed by atoms with Crippen molar-refractivity contribution in [3.63, 3.8) is 0 Å². The van der Waals surface area contributed by atoms with Crippen LogP contribution >= 0.6 is 0 Å². The molecule has 0 fully saturated rings. The highest BCUT2D eigenvalue weighted by Crippen LogP contribution is 2.57. The van der Waals surface area contributed by atoms with Gasteiger partial charge in [0.25, 0.3) is 0 Å². The summed E-state index contributed by atoms with van der Waals surface area (Å²) >= 11 is 0. The molecular formula is C71H47NO. The second kappa shape index (κ2) is 17.4.